The van der Waals surface area contributed by atoms with Crippen LogP contribution in [0.2, 0.25) is 0 Å². The second-order valence-electron chi connectivity index (χ2n) is 27.5. The predicted octanol–water partition coefficient (Wildman–Crippen LogP) is 25.0. The van der Waals surface area contributed by atoms with Crippen molar-refractivity contribution in [2.45, 2.75) is 347 Å². The van der Waals surface area contributed by atoms with Crippen molar-refractivity contribution in [1.29, 1.82) is 0 Å². The van der Waals surface area contributed by atoms with Crippen LogP contribution in [0.5, 0.6) is 0 Å². The molecule has 5 atom stereocenters. The molecule has 612 valence electrons. The van der Waals surface area contributed by atoms with E-state index in [-0.39, 0.29) is 19.3 Å². The molecule has 0 fully saturated rings. The Labute approximate surface area is 650 Å². The lowest BCUT2D eigenvalue weighted by molar-refractivity contribution is -0.161. The highest BCUT2D eigenvalue weighted by atomic mass is 31.2. The third kappa shape index (κ3) is 82.0. The number of aliphatic hydroxyl groups is 2. The van der Waals surface area contributed by atoms with Crippen LogP contribution in [0.3, 0.4) is 0 Å². The van der Waals surface area contributed by atoms with E-state index in [4.69, 9.17) is 32.3 Å². The molecule has 0 aliphatic carbocycles. The maximum atomic E-state index is 13.0. The maximum absolute atomic E-state index is 13.0. The Bertz CT molecular complexity index is 2580. The smallest absolute Gasteiger partial charge is 0.463 e. The first-order valence-electron chi connectivity index (χ1n) is 41.8. The number of phosphoric ester groups is 2. The van der Waals surface area contributed by atoms with Crippen LogP contribution in [-0.2, 0) is 55.8 Å². The van der Waals surface area contributed by atoms with Crippen LogP contribution in [0.25, 0.3) is 0 Å². The molecule has 0 heterocycles. The number of ether oxygens (including phenoxy) is 3. The van der Waals surface area contributed by atoms with E-state index in [0.717, 1.165) is 186 Å². The first-order valence-corrected chi connectivity index (χ1v) is 44.8. The van der Waals surface area contributed by atoms with Crippen molar-refractivity contribution in [3.8, 4) is 0 Å². The molecule has 107 heavy (non-hydrogen) atoms. The molecule has 0 aromatic carbocycles. The van der Waals surface area contributed by atoms with Crippen LogP contribution >= 0.6 is 15.6 Å². The number of unbranched alkanes of at least 4 members (excludes halogenated alkanes) is 29. The van der Waals surface area contributed by atoms with Crippen molar-refractivity contribution in [3.05, 3.63) is 158 Å². The molecule has 5 unspecified atom stereocenters. The molecule has 16 nitrogen and oxygen atoms in total. The van der Waals surface area contributed by atoms with Gasteiger partial charge in [0.25, 0.3) is 0 Å². The maximum Gasteiger partial charge on any atom is 0.472 e. The Morgan fingerprint density at radius 1 is 0.271 bits per heavy atom. The number of rotatable bonds is 78. The summed E-state index contributed by atoms with van der Waals surface area (Å²) in [5.74, 6) is -1.60. The van der Waals surface area contributed by atoms with Crippen LogP contribution in [0.4, 0.5) is 0 Å². The molecule has 0 amide bonds. The molecule has 4 N–H and O–H groups in total. The van der Waals surface area contributed by atoms with Crippen molar-refractivity contribution in [3.63, 3.8) is 0 Å². The molecule has 18 heteroatoms. The van der Waals surface area contributed by atoms with Gasteiger partial charge in [0.1, 0.15) is 25.4 Å². The van der Waals surface area contributed by atoms with Crippen LogP contribution in [0.1, 0.15) is 329 Å². The number of aliphatic hydroxyl groups excluding tert-OH is 2. The average Bonchev–Trinajstić information content (AvgIpc) is 0.927. The normalized spacial score (nSPS) is 14.7. The summed E-state index contributed by atoms with van der Waals surface area (Å²) in [5, 5.41) is 20.7. The highest BCUT2D eigenvalue weighted by Crippen LogP contribution is 2.45. The van der Waals surface area contributed by atoms with E-state index in [1.165, 1.54) is 83.5 Å². The molecule has 0 spiro atoms. The molecule has 0 aliphatic heterocycles. The van der Waals surface area contributed by atoms with E-state index in [1.54, 1.807) is 0 Å². The zero-order valence-electron chi connectivity index (χ0n) is 67.0. The van der Waals surface area contributed by atoms with Gasteiger partial charge in [0.2, 0.25) is 0 Å². The summed E-state index contributed by atoms with van der Waals surface area (Å²) in [6, 6.07) is 0. The van der Waals surface area contributed by atoms with Crippen molar-refractivity contribution in [2.24, 2.45) is 0 Å². The van der Waals surface area contributed by atoms with Crippen LogP contribution < -0.4 is 0 Å². The minimum absolute atomic E-state index is 0.0848. The fourth-order valence-electron chi connectivity index (χ4n) is 10.9. The molecule has 0 aliphatic rings. The molecule has 0 saturated carbocycles. The first-order chi connectivity index (χ1) is 52.2. The average molecular weight is 1540 g/mol. The summed E-state index contributed by atoms with van der Waals surface area (Å²) < 4.78 is 61.3. The van der Waals surface area contributed by atoms with E-state index in [9.17, 15) is 43.5 Å². The lowest BCUT2D eigenvalue weighted by Crippen LogP contribution is -2.30. The van der Waals surface area contributed by atoms with Crippen LogP contribution in [-0.4, -0.2) is 95.9 Å². The van der Waals surface area contributed by atoms with Gasteiger partial charge in [-0.3, -0.25) is 32.5 Å². The van der Waals surface area contributed by atoms with Crippen molar-refractivity contribution >= 4 is 33.6 Å². The topological polar surface area (TPSA) is 231 Å². The zero-order chi connectivity index (χ0) is 78.0. The summed E-state index contributed by atoms with van der Waals surface area (Å²) in [7, 11) is -9.81. The van der Waals surface area contributed by atoms with E-state index in [1.807, 2.05) is 0 Å². The largest absolute Gasteiger partial charge is 0.472 e. The summed E-state index contributed by atoms with van der Waals surface area (Å²) in [6.07, 6.45) is 101. The Kier molecular flexibility index (Phi) is 77.0. The number of phosphoric acid groups is 2. The van der Waals surface area contributed by atoms with E-state index in [0.29, 0.717) is 19.3 Å². The van der Waals surface area contributed by atoms with Crippen molar-refractivity contribution in [1.82, 2.24) is 0 Å². The minimum atomic E-state index is -4.95. The van der Waals surface area contributed by atoms with Gasteiger partial charge in [0, 0.05) is 19.3 Å². The first kappa shape index (κ1) is 102. The van der Waals surface area contributed by atoms with Gasteiger partial charge < -0.3 is 34.2 Å². The van der Waals surface area contributed by atoms with E-state index in [2.05, 4.69) is 179 Å². The summed E-state index contributed by atoms with van der Waals surface area (Å²) in [6.45, 7) is 2.41. The van der Waals surface area contributed by atoms with Gasteiger partial charge in [-0.2, -0.15) is 0 Å². The summed E-state index contributed by atoms with van der Waals surface area (Å²) in [5.41, 5.74) is 0. The van der Waals surface area contributed by atoms with E-state index < -0.39 is 91.5 Å². The van der Waals surface area contributed by atoms with Crippen molar-refractivity contribution in [2.75, 3.05) is 39.6 Å². The third-order valence-electron chi connectivity index (χ3n) is 17.2. The van der Waals surface area contributed by atoms with Gasteiger partial charge in [0.05, 0.1) is 26.4 Å². The molecule has 0 aromatic heterocycles. The minimum Gasteiger partial charge on any atom is -0.463 e. The van der Waals surface area contributed by atoms with Crippen LogP contribution in [0.15, 0.2) is 158 Å². The van der Waals surface area contributed by atoms with Gasteiger partial charge in [-0.25, -0.2) is 9.13 Å². The monoisotopic (exact) mass is 1540 g/mol. The van der Waals surface area contributed by atoms with Crippen molar-refractivity contribution < 1.29 is 75.8 Å². The third-order valence-corrected chi connectivity index (χ3v) is 19.1. The Morgan fingerprint density at radius 2 is 0.495 bits per heavy atom. The molecule has 0 aromatic rings. The fourth-order valence-corrected chi connectivity index (χ4v) is 12.5. The zero-order valence-corrected chi connectivity index (χ0v) is 68.8. The quantitative estimate of drug-likeness (QED) is 0.0146. The molecule has 0 radical (unpaired) electrons. The van der Waals surface area contributed by atoms with Gasteiger partial charge in [0.15, 0.2) is 6.10 Å². The lowest BCUT2D eigenvalue weighted by atomic mass is 10.0. The number of allylic oxidation sites excluding steroid dienone is 26. The van der Waals surface area contributed by atoms with Gasteiger partial charge >= 0.3 is 33.6 Å². The molecule has 0 saturated heterocycles. The second kappa shape index (κ2) is 80.7. The van der Waals surface area contributed by atoms with E-state index >= 15 is 0 Å². The fraction of sp³-hybridized carbons (Fsp3) is 0.674. The Morgan fingerprint density at radius 3 is 0.785 bits per heavy atom. The molecular weight excluding hydrogens is 1390 g/mol. The van der Waals surface area contributed by atoms with Gasteiger partial charge in [-0.05, 0) is 148 Å². The van der Waals surface area contributed by atoms with Gasteiger partial charge in [-0.15, -0.1) is 0 Å². The number of esters is 3. The standard InChI is InChI=1S/C89H150O16P2/c1-4-7-10-13-16-19-22-25-28-31-33-35-37-39-40-41-42-44-46-47-49-52-54-57-60-63-66-69-72-75-87(92)99-78-84(90)79-101-106(95,96)102-80-85(91)81-103-107(97,98)104-83-86(105-89(94)77-74-71-68-65-62-59-56-51-30-27-24-21-18-15-12-9-6-3)82-100-88(93)76-73-70-67-64-61-58-55-53-50-48-45-43-38-36-34-32-29-26-23-20-17-14-11-8-5-2/h8-9,11-12,16-21,25-30,33-36,39-40,43,45,50,53,84-86,90-91H,4-7,10,13-15,22-24,31-32,37-38,41-42,44,46-49,51-52,54-83H2,1-3H3,(H,95,96)(H,97,98)/b11-8-,12-9-,19-16-,20-17-,21-18-,28-25-,29-26-,30-27-,35-33-,36-34-,40-39-,45-43-,53-50-. The summed E-state index contributed by atoms with van der Waals surface area (Å²) >= 11 is 0. The van der Waals surface area contributed by atoms with Gasteiger partial charge in [-0.1, -0.05) is 320 Å². The molecule has 0 rings (SSSR count). The number of hydrogen-bond donors (Lipinski definition) is 4. The number of carbonyl (C=O) groups is 3. The summed E-state index contributed by atoms with van der Waals surface area (Å²) in [4.78, 5) is 58.8. The Hall–Kier alpha value is -4.83. The predicted molar refractivity (Wildman–Crippen MR) is 445 cm³/mol. The van der Waals surface area contributed by atoms with Crippen LogP contribution in [0, 0.1) is 0 Å². The molecular formula is C89H150O16P2. The second-order valence-corrected chi connectivity index (χ2v) is 30.4. The number of carbonyl (C=O) groups excluding carboxylic acids is 3. The lowest BCUT2D eigenvalue weighted by Gasteiger charge is -2.21. The SMILES string of the molecule is CC/C=C\C/C=C\C/C=C\C/C=C\C/C=C\C/C=C\CCCCCCCCC(=O)OCC(COP(=O)(O)OCC(O)COP(=O)(O)OCC(O)COC(=O)CCCCCCCCCCCCCCC/C=C\C/C=C\C/C=C\C/C=C\CCCCC)OC(=O)CCCCCCCCC/C=C\C/C=C\C/C=C\CC. The Balaban J connectivity index is 4.60. The number of hydrogen-bond acceptors (Lipinski definition) is 14. The highest BCUT2D eigenvalue weighted by Gasteiger charge is 2.29. The molecule has 0 bridgehead atoms. The highest BCUT2D eigenvalue weighted by molar-refractivity contribution is 7.47.